The minimum absolute atomic E-state index is 0.0382. The Balaban J connectivity index is 2.31. The number of carbonyl (C=O) groups excluding carboxylic acids is 2. The highest BCUT2D eigenvalue weighted by molar-refractivity contribution is 6.32. The van der Waals surface area contributed by atoms with Gasteiger partial charge in [0.1, 0.15) is 10.8 Å². The molecule has 2 aromatic carbocycles. The summed E-state index contributed by atoms with van der Waals surface area (Å²) in [5.74, 6) is -2.28. The molecule has 1 amide bonds. The van der Waals surface area contributed by atoms with Crippen LogP contribution in [0, 0.1) is 15.9 Å². The average molecular weight is 353 g/mol. The van der Waals surface area contributed by atoms with Gasteiger partial charge in [-0.3, -0.25) is 14.9 Å². The Kier molecular flexibility index (Phi) is 5.10. The fourth-order valence-electron chi connectivity index (χ4n) is 1.85. The smallest absolute Gasteiger partial charge is 0.337 e. The summed E-state index contributed by atoms with van der Waals surface area (Å²) in [5, 5.41) is 13.0. The van der Waals surface area contributed by atoms with Gasteiger partial charge in [0.2, 0.25) is 0 Å². The third-order valence-corrected chi connectivity index (χ3v) is 3.36. The Morgan fingerprint density at radius 3 is 2.50 bits per heavy atom. The lowest BCUT2D eigenvalue weighted by molar-refractivity contribution is -0.384. The van der Waals surface area contributed by atoms with Crippen LogP contribution < -0.4 is 5.32 Å². The van der Waals surface area contributed by atoms with E-state index in [-0.39, 0.29) is 21.8 Å². The molecule has 2 aromatic rings. The van der Waals surface area contributed by atoms with Gasteiger partial charge in [0.05, 0.1) is 23.3 Å². The van der Waals surface area contributed by atoms with Crippen molar-refractivity contribution >= 4 is 34.9 Å². The molecule has 0 heterocycles. The van der Waals surface area contributed by atoms with Gasteiger partial charge in [0, 0.05) is 11.6 Å². The van der Waals surface area contributed by atoms with Gasteiger partial charge < -0.3 is 10.1 Å². The summed E-state index contributed by atoms with van der Waals surface area (Å²) in [6.07, 6.45) is 0. The maximum absolute atomic E-state index is 13.8. The zero-order valence-electron chi connectivity index (χ0n) is 12.2. The van der Waals surface area contributed by atoms with Crippen LogP contribution in [0.1, 0.15) is 20.7 Å². The topological polar surface area (TPSA) is 98.5 Å². The van der Waals surface area contributed by atoms with E-state index < -0.39 is 28.3 Å². The van der Waals surface area contributed by atoms with Gasteiger partial charge in [-0.1, -0.05) is 11.6 Å². The molecule has 1 N–H and O–H groups in total. The number of rotatable bonds is 4. The fourth-order valence-corrected chi connectivity index (χ4v) is 2.04. The van der Waals surface area contributed by atoms with Gasteiger partial charge >= 0.3 is 5.97 Å². The van der Waals surface area contributed by atoms with E-state index in [1.165, 1.54) is 18.2 Å². The van der Waals surface area contributed by atoms with Crippen molar-refractivity contribution in [3.63, 3.8) is 0 Å². The van der Waals surface area contributed by atoms with Crippen molar-refractivity contribution in [1.29, 1.82) is 0 Å². The number of nitrogens with zero attached hydrogens (tertiary/aromatic N) is 1. The van der Waals surface area contributed by atoms with Gasteiger partial charge in [-0.05, 0) is 30.3 Å². The second kappa shape index (κ2) is 7.05. The van der Waals surface area contributed by atoms with Crippen LogP contribution in [0.4, 0.5) is 15.8 Å². The number of carbonyl (C=O) groups is 2. The molecule has 0 aliphatic heterocycles. The molecule has 0 saturated heterocycles. The van der Waals surface area contributed by atoms with E-state index >= 15 is 0 Å². The van der Waals surface area contributed by atoms with E-state index in [0.717, 1.165) is 25.3 Å². The molecule has 9 heteroatoms. The molecule has 0 saturated carbocycles. The van der Waals surface area contributed by atoms with Crippen molar-refractivity contribution in [2.45, 2.75) is 0 Å². The maximum atomic E-state index is 13.8. The van der Waals surface area contributed by atoms with E-state index in [9.17, 15) is 24.1 Å². The molecule has 0 radical (unpaired) electrons. The number of nitro benzene ring substituents is 1. The minimum atomic E-state index is -0.796. The van der Waals surface area contributed by atoms with Crippen molar-refractivity contribution in [3.8, 4) is 0 Å². The zero-order chi connectivity index (χ0) is 17.9. The molecule has 0 aliphatic rings. The number of amides is 1. The van der Waals surface area contributed by atoms with Gasteiger partial charge in [0.15, 0.2) is 0 Å². The second-order valence-electron chi connectivity index (χ2n) is 4.56. The average Bonchev–Trinajstić information content (AvgIpc) is 2.56. The number of halogens is 2. The number of methoxy groups -OCH3 is 1. The molecule has 7 nitrogen and oxygen atoms in total. The minimum Gasteiger partial charge on any atom is -0.465 e. The quantitative estimate of drug-likeness (QED) is 0.516. The number of nitro groups is 1. The van der Waals surface area contributed by atoms with Crippen LogP contribution in [-0.2, 0) is 4.74 Å². The summed E-state index contributed by atoms with van der Waals surface area (Å²) in [6, 6.07) is 6.71. The summed E-state index contributed by atoms with van der Waals surface area (Å²) in [5.41, 5.74) is -0.765. The zero-order valence-corrected chi connectivity index (χ0v) is 13.0. The van der Waals surface area contributed by atoms with Crippen LogP contribution in [0.3, 0.4) is 0 Å². The van der Waals surface area contributed by atoms with E-state index in [1.54, 1.807) is 0 Å². The van der Waals surface area contributed by atoms with E-state index in [0.29, 0.717) is 0 Å². The Bertz CT molecular complexity index is 841. The molecule has 24 heavy (non-hydrogen) atoms. The summed E-state index contributed by atoms with van der Waals surface area (Å²) < 4.78 is 18.3. The molecular weight excluding hydrogens is 343 g/mol. The van der Waals surface area contributed by atoms with E-state index in [1.807, 2.05) is 0 Å². The lowest BCUT2D eigenvalue weighted by Crippen LogP contribution is -2.14. The van der Waals surface area contributed by atoms with Crippen LogP contribution in [0.2, 0.25) is 5.02 Å². The summed E-state index contributed by atoms with van der Waals surface area (Å²) >= 11 is 5.67. The highest BCUT2D eigenvalue weighted by Crippen LogP contribution is 2.26. The number of ether oxygens (including phenoxy) is 1. The Morgan fingerprint density at radius 1 is 1.21 bits per heavy atom. The van der Waals surface area contributed by atoms with Crippen LogP contribution in [-0.4, -0.2) is 23.9 Å². The van der Waals surface area contributed by atoms with Crippen LogP contribution in [0.25, 0.3) is 0 Å². The number of benzene rings is 2. The number of anilines is 1. The van der Waals surface area contributed by atoms with Crippen LogP contribution >= 0.6 is 11.6 Å². The van der Waals surface area contributed by atoms with Crippen molar-refractivity contribution in [2.75, 3.05) is 12.4 Å². The number of esters is 1. The number of hydrogen-bond donors (Lipinski definition) is 1. The first-order chi connectivity index (χ1) is 11.3. The van der Waals surface area contributed by atoms with Crippen molar-refractivity contribution < 1.29 is 23.6 Å². The molecule has 0 aromatic heterocycles. The SMILES string of the molecule is COC(=O)c1ccc(F)c(NC(=O)c2ccc(Cl)c([N+](=O)[O-])c2)c1. The summed E-state index contributed by atoms with van der Waals surface area (Å²) in [7, 11) is 1.16. The fraction of sp³-hybridized carbons (Fsp3) is 0.0667. The van der Waals surface area contributed by atoms with Gasteiger partial charge in [-0.2, -0.15) is 0 Å². The van der Waals surface area contributed by atoms with Crippen molar-refractivity contribution in [2.24, 2.45) is 0 Å². The van der Waals surface area contributed by atoms with E-state index in [4.69, 9.17) is 11.6 Å². The molecule has 2 rings (SSSR count). The number of hydrogen-bond acceptors (Lipinski definition) is 5. The first-order valence-corrected chi connectivity index (χ1v) is 6.84. The highest BCUT2D eigenvalue weighted by atomic mass is 35.5. The lowest BCUT2D eigenvalue weighted by atomic mass is 10.1. The largest absolute Gasteiger partial charge is 0.465 e. The van der Waals surface area contributed by atoms with E-state index in [2.05, 4.69) is 10.1 Å². The third-order valence-electron chi connectivity index (χ3n) is 3.04. The van der Waals surface area contributed by atoms with Crippen LogP contribution in [0.15, 0.2) is 36.4 Å². The van der Waals surface area contributed by atoms with Gasteiger partial charge in [-0.25, -0.2) is 9.18 Å². The van der Waals surface area contributed by atoms with Crippen LogP contribution in [0.5, 0.6) is 0 Å². The molecule has 0 spiro atoms. The standard InChI is InChI=1S/C15H10ClFN2O5/c1-24-15(21)9-3-5-11(17)12(6-9)18-14(20)8-2-4-10(16)13(7-8)19(22)23/h2-7H,1H3,(H,18,20). The van der Waals surface area contributed by atoms with Gasteiger partial charge in [0.25, 0.3) is 11.6 Å². The molecule has 0 atom stereocenters. The molecule has 0 bridgehead atoms. The van der Waals surface area contributed by atoms with Gasteiger partial charge in [-0.15, -0.1) is 0 Å². The maximum Gasteiger partial charge on any atom is 0.337 e. The predicted molar refractivity (Wildman–Crippen MR) is 83.8 cm³/mol. The Labute approximate surface area is 140 Å². The monoisotopic (exact) mass is 352 g/mol. The molecule has 0 unspecified atom stereocenters. The lowest BCUT2D eigenvalue weighted by Gasteiger charge is -2.08. The third kappa shape index (κ3) is 3.66. The first kappa shape index (κ1) is 17.4. The Morgan fingerprint density at radius 2 is 1.88 bits per heavy atom. The summed E-state index contributed by atoms with van der Waals surface area (Å²) in [6.45, 7) is 0. The summed E-state index contributed by atoms with van der Waals surface area (Å²) in [4.78, 5) is 33.7. The normalized spacial score (nSPS) is 10.1. The van der Waals surface area contributed by atoms with Crippen molar-refractivity contribution in [1.82, 2.24) is 0 Å². The number of nitrogens with one attached hydrogen (secondary N) is 1. The second-order valence-corrected chi connectivity index (χ2v) is 4.97. The molecule has 0 aliphatic carbocycles. The predicted octanol–water partition coefficient (Wildman–Crippen LogP) is 3.43. The Hall–Kier alpha value is -3.00. The molecule has 124 valence electrons. The molecule has 0 fully saturated rings. The molecular formula is C15H10ClFN2O5. The highest BCUT2D eigenvalue weighted by Gasteiger charge is 2.18. The van der Waals surface area contributed by atoms with Crippen molar-refractivity contribution in [3.05, 3.63) is 68.5 Å². The first-order valence-electron chi connectivity index (χ1n) is 6.46.